The van der Waals surface area contributed by atoms with E-state index >= 15 is 0 Å². The molecule has 1 heterocycles. The monoisotopic (exact) mass is 273 g/mol. The Hall–Kier alpha value is -2.14. The Kier molecular flexibility index (Phi) is 4.53. The van der Waals surface area contributed by atoms with Crippen molar-refractivity contribution in [1.82, 2.24) is 15.1 Å². The van der Waals surface area contributed by atoms with Crippen LogP contribution in [-0.2, 0) is 24.9 Å². The number of nitrogens with one attached hydrogen (secondary N) is 1. The summed E-state index contributed by atoms with van der Waals surface area (Å²) < 4.78 is 1.84. The van der Waals surface area contributed by atoms with Crippen LogP contribution in [0, 0.1) is 0 Å². The average molecular weight is 273 g/mol. The van der Waals surface area contributed by atoms with Crippen LogP contribution in [-0.4, -0.2) is 20.9 Å². The first-order valence-electron chi connectivity index (χ1n) is 6.57. The first-order chi connectivity index (χ1) is 9.58. The van der Waals surface area contributed by atoms with E-state index in [0.717, 1.165) is 29.9 Å². The molecule has 2 rings (SSSR count). The number of carboxylic acid groups (broad SMARTS) is 1. The second-order valence-corrected chi connectivity index (χ2v) is 4.85. The van der Waals surface area contributed by atoms with Crippen LogP contribution in [0.1, 0.15) is 29.7 Å². The summed E-state index contributed by atoms with van der Waals surface area (Å²) in [6.45, 7) is 3.19. The van der Waals surface area contributed by atoms with Gasteiger partial charge in [0, 0.05) is 26.3 Å². The molecule has 2 N–H and O–H groups in total. The summed E-state index contributed by atoms with van der Waals surface area (Å²) in [5.41, 5.74) is 3.09. The van der Waals surface area contributed by atoms with Gasteiger partial charge in [0.2, 0.25) is 0 Å². The molecule has 5 nitrogen and oxygen atoms in total. The van der Waals surface area contributed by atoms with E-state index in [2.05, 4.69) is 10.4 Å². The summed E-state index contributed by atoms with van der Waals surface area (Å²) in [6.07, 6.45) is 1.78. The van der Waals surface area contributed by atoms with Crippen molar-refractivity contribution >= 4 is 5.97 Å². The Morgan fingerprint density at radius 2 is 2.00 bits per heavy atom. The van der Waals surface area contributed by atoms with Gasteiger partial charge >= 0.3 is 5.97 Å². The molecule has 0 saturated heterocycles. The summed E-state index contributed by atoms with van der Waals surface area (Å²) in [5, 5.41) is 16.4. The van der Waals surface area contributed by atoms with Crippen molar-refractivity contribution < 1.29 is 9.90 Å². The van der Waals surface area contributed by atoms with Crippen LogP contribution in [0.3, 0.4) is 0 Å². The number of nitrogens with zero attached hydrogens (tertiary/aromatic N) is 2. The van der Waals surface area contributed by atoms with Crippen molar-refractivity contribution in [2.24, 2.45) is 7.05 Å². The van der Waals surface area contributed by atoms with E-state index in [1.807, 2.05) is 42.1 Å². The minimum atomic E-state index is -0.799. The number of aromatic nitrogens is 2. The maximum atomic E-state index is 10.9. The van der Waals surface area contributed by atoms with Crippen molar-refractivity contribution in [2.45, 2.75) is 25.9 Å². The smallest absolute Gasteiger partial charge is 0.310 e. The zero-order chi connectivity index (χ0) is 14.5. The third-order valence-electron chi connectivity index (χ3n) is 3.41. The molecule has 106 valence electrons. The molecule has 0 fully saturated rings. The van der Waals surface area contributed by atoms with Crippen molar-refractivity contribution in [3.05, 3.63) is 53.3 Å². The van der Waals surface area contributed by atoms with Gasteiger partial charge in [-0.15, -0.1) is 0 Å². The van der Waals surface area contributed by atoms with Crippen LogP contribution in [0.2, 0.25) is 0 Å². The Labute approximate surface area is 118 Å². The molecule has 1 aromatic carbocycles. The minimum Gasteiger partial charge on any atom is -0.481 e. The summed E-state index contributed by atoms with van der Waals surface area (Å²) >= 11 is 0. The fourth-order valence-electron chi connectivity index (χ4n) is 1.98. The molecule has 0 aliphatic carbocycles. The lowest BCUT2D eigenvalue weighted by molar-refractivity contribution is -0.138. The summed E-state index contributed by atoms with van der Waals surface area (Å²) in [6, 6.07) is 9.65. The lowest BCUT2D eigenvalue weighted by Crippen LogP contribution is -2.15. The fourth-order valence-corrected chi connectivity index (χ4v) is 1.98. The second kappa shape index (κ2) is 6.34. The van der Waals surface area contributed by atoms with Crippen LogP contribution in [0.25, 0.3) is 0 Å². The number of carbonyl (C=O) groups is 1. The van der Waals surface area contributed by atoms with Crippen LogP contribution in [0.5, 0.6) is 0 Å². The van der Waals surface area contributed by atoms with Gasteiger partial charge in [0.05, 0.1) is 11.6 Å². The van der Waals surface area contributed by atoms with Crippen molar-refractivity contribution in [3.8, 4) is 0 Å². The van der Waals surface area contributed by atoms with Gasteiger partial charge in [-0.25, -0.2) is 0 Å². The molecule has 0 aliphatic heterocycles. The summed E-state index contributed by atoms with van der Waals surface area (Å²) in [4.78, 5) is 10.9. The lowest BCUT2D eigenvalue weighted by atomic mass is 10.0. The number of hydrogen-bond donors (Lipinski definition) is 2. The third-order valence-corrected chi connectivity index (χ3v) is 3.41. The van der Waals surface area contributed by atoms with Gasteiger partial charge in [-0.3, -0.25) is 9.48 Å². The van der Waals surface area contributed by atoms with Gasteiger partial charge in [0.25, 0.3) is 0 Å². The lowest BCUT2D eigenvalue weighted by Gasteiger charge is -2.09. The van der Waals surface area contributed by atoms with Gasteiger partial charge in [0.1, 0.15) is 0 Å². The highest BCUT2D eigenvalue weighted by atomic mass is 16.4. The second-order valence-electron chi connectivity index (χ2n) is 4.85. The van der Waals surface area contributed by atoms with Gasteiger partial charge in [-0.2, -0.15) is 5.10 Å². The zero-order valence-electron chi connectivity index (χ0n) is 11.7. The maximum Gasteiger partial charge on any atom is 0.310 e. The molecular formula is C15H19N3O2. The van der Waals surface area contributed by atoms with E-state index in [9.17, 15) is 4.79 Å². The van der Waals surface area contributed by atoms with Crippen LogP contribution in [0.15, 0.2) is 36.5 Å². The highest BCUT2D eigenvalue weighted by Crippen LogP contribution is 2.16. The Morgan fingerprint density at radius 3 is 2.55 bits per heavy atom. The molecule has 2 aromatic rings. The largest absolute Gasteiger partial charge is 0.481 e. The predicted octanol–water partition coefficient (Wildman–Crippen LogP) is 1.90. The number of aliphatic carboxylic acids is 1. The Balaban J connectivity index is 1.88. The number of benzene rings is 1. The van der Waals surface area contributed by atoms with E-state index in [-0.39, 0.29) is 0 Å². The molecule has 0 amide bonds. The van der Waals surface area contributed by atoms with Crippen molar-refractivity contribution in [1.29, 1.82) is 0 Å². The molecule has 0 spiro atoms. The van der Waals surface area contributed by atoms with Gasteiger partial charge in [-0.1, -0.05) is 24.3 Å². The molecule has 0 saturated carbocycles. The van der Waals surface area contributed by atoms with Gasteiger partial charge in [0.15, 0.2) is 0 Å². The zero-order valence-corrected chi connectivity index (χ0v) is 11.7. The SMILES string of the molecule is CC(C(=O)O)c1ccc(CNCc2ccnn2C)cc1. The molecule has 1 atom stereocenters. The molecule has 5 heteroatoms. The predicted molar refractivity (Wildman–Crippen MR) is 76.2 cm³/mol. The molecule has 0 aliphatic rings. The molecular weight excluding hydrogens is 254 g/mol. The standard InChI is InChI=1S/C15H19N3O2/c1-11(15(19)20)13-5-3-12(4-6-13)9-16-10-14-7-8-17-18(14)2/h3-8,11,16H,9-10H2,1-2H3,(H,19,20). The van der Waals surface area contributed by atoms with Crippen LogP contribution in [0.4, 0.5) is 0 Å². The molecule has 0 bridgehead atoms. The number of aryl methyl sites for hydroxylation is 1. The maximum absolute atomic E-state index is 10.9. The quantitative estimate of drug-likeness (QED) is 0.843. The molecule has 1 aromatic heterocycles. The highest BCUT2D eigenvalue weighted by molar-refractivity contribution is 5.75. The number of carboxylic acids is 1. The van der Waals surface area contributed by atoms with Crippen molar-refractivity contribution in [2.75, 3.05) is 0 Å². The van der Waals surface area contributed by atoms with E-state index in [4.69, 9.17) is 5.11 Å². The van der Waals surface area contributed by atoms with Gasteiger partial charge in [-0.05, 0) is 24.1 Å². The van der Waals surface area contributed by atoms with Crippen LogP contribution >= 0.6 is 0 Å². The Bertz CT molecular complexity index is 575. The van der Waals surface area contributed by atoms with E-state index < -0.39 is 11.9 Å². The molecule has 20 heavy (non-hydrogen) atoms. The normalized spacial score (nSPS) is 12.3. The molecule has 0 radical (unpaired) electrons. The topological polar surface area (TPSA) is 67.2 Å². The van der Waals surface area contributed by atoms with Gasteiger partial charge < -0.3 is 10.4 Å². The first kappa shape index (κ1) is 14.3. The highest BCUT2D eigenvalue weighted by Gasteiger charge is 2.12. The minimum absolute atomic E-state index is 0.466. The molecule has 1 unspecified atom stereocenters. The van der Waals surface area contributed by atoms with E-state index in [1.54, 1.807) is 13.1 Å². The third kappa shape index (κ3) is 3.45. The van der Waals surface area contributed by atoms with Crippen LogP contribution < -0.4 is 5.32 Å². The first-order valence-corrected chi connectivity index (χ1v) is 6.57. The number of rotatable bonds is 6. The average Bonchev–Trinajstić information content (AvgIpc) is 2.84. The van der Waals surface area contributed by atoms with E-state index in [0.29, 0.717) is 0 Å². The summed E-state index contributed by atoms with van der Waals surface area (Å²) in [7, 11) is 1.92. The fraction of sp³-hybridized carbons (Fsp3) is 0.333. The Morgan fingerprint density at radius 1 is 1.30 bits per heavy atom. The van der Waals surface area contributed by atoms with E-state index in [1.165, 1.54) is 0 Å². The number of hydrogen-bond acceptors (Lipinski definition) is 3. The van der Waals surface area contributed by atoms with Crippen molar-refractivity contribution in [3.63, 3.8) is 0 Å². The summed E-state index contributed by atoms with van der Waals surface area (Å²) in [5.74, 6) is -1.27.